The summed E-state index contributed by atoms with van der Waals surface area (Å²) in [5, 5.41) is 9.74. The fourth-order valence-corrected chi connectivity index (χ4v) is 5.17. The zero-order chi connectivity index (χ0) is 18.8. The number of likely N-dealkylation sites (tertiary alicyclic amines) is 1. The highest BCUT2D eigenvalue weighted by atomic mass is 32.2. The summed E-state index contributed by atoms with van der Waals surface area (Å²) in [6.45, 7) is 6.40. The molecule has 0 radical (unpaired) electrons. The van der Waals surface area contributed by atoms with Crippen LogP contribution in [0.25, 0.3) is 0 Å². The SMILES string of the molecule is COc1ccc2c(c1)Sc1ccccc1N2CC(C)CN1CCC(O)CC1. The third-order valence-corrected chi connectivity index (χ3v) is 6.57. The summed E-state index contributed by atoms with van der Waals surface area (Å²) in [5.41, 5.74) is 2.56. The van der Waals surface area contributed by atoms with E-state index in [1.54, 1.807) is 7.11 Å². The Balaban J connectivity index is 1.54. The first kappa shape index (κ1) is 18.7. The van der Waals surface area contributed by atoms with Gasteiger partial charge in [-0.25, -0.2) is 0 Å². The molecule has 4 nitrogen and oxygen atoms in total. The van der Waals surface area contributed by atoms with Crippen molar-refractivity contribution in [1.82, 2.24) is 4.90 Å². The van der Waals surface area contributed by atoms with E-state index in [9.17, 15) is 5.11 Å². The Morgan fingerprint density at radius 2 is 1.81 bits per heavy atom. The maximum absolute atomic E-state index is 9.74. The minimum atomic E-state index is -0.107. The fraction of sp³-hybridized carbons (Fsp3) is 0.455. The highest BCUT2D eigenvalue weighted by Crippen LogP contribution is 2.49. The maximum atomic E-state index is 9.74. The number of nitrogens with zero attached hydrogens (tertiary/aromatic N) is 2. The van der Waals surface area contributed by atoms with Gasteiger partial charge in [-0.3, -0.25) is 0 Å². The summed E-state index contributed by atoms with van der Waals surface area (Å²) in [6.07, 6.45) is 1.70. The molecular weight excluding hydrogens is 356 g/mol. The molecule has 0 aromatic heterocycles. The van der Waals surface area contributed by atoms with Crippen LogP contribution in [0.5, 0.6) is 5.75 Å². The zero-order valence-electron chi connectivity index (χ0n) is 16.1. The van der Waals surface area contributed by atoms with Crippen molar-refractivity contribution < 1.29 is 9.84 Å². The molecule has 2 aromatic carbocycles. The molecule has 0 bridgehead atoms. The summed E-state index contributed by atoms with van der Waals surface area (Å²) in [4.78, 5) is 7.51. The van der Waals surface area contributed by atoms with E-state index in [1.807, 2.05) is 11.8 Å². The van der Waals surface area contributed by atoms with Crippen LogP contribution < -0.4 is 9.64 Å². The van der Waals surface area contributed by atoms with E-state index in [-0.39, 0.29) is 6.10 Å². The van der Waals surface area contributed by atoms with E-state index in [1.165, 1.54) is 21.2 Å². The summed E-state index contributed by atoms with van der Waals surface area (Å²) in [6, 6.07) is 15.0. The third kappa shape index (κ3) is 4.10. The highest BCUT2D eigenvalue weighted by molar-refractivity contribution is 7.99. The van der Waals surface area contributed by atoms with Crippen molar-refractivity contribution in [3.63, 3.8) is 0 Å². The van der Waals surface area contributed by atoms with Crippen molar-refractivity contribution in [2.24, 2.45) is 5.92 Å². The van der Waals surface area contributed by atoms with Gasteiger partial charge in [0.25, 0.3) is 0 Å². The topological polar surface area (TPSA) is 35.9 Å². The van der Waals surface area contributed by atoms with Gasteiger partial charge in [0, 0.05) is 36.0 Å². The Bertz CT molecular complexity index is 790. The van der Waals surface area contributed by atoms with Crippen molar-refractivity contribution >= 4 is 23.1 Å². The van der Waals surface area contributed by atoms with Gasteiger partial charge in [0.15, 0.2) is 0 Å². The van der Waals surface area contributed by atoms with Crippen LogP contribution in [0.4, 0.5) is 11.4 Å². The fourth-order valence-electron chi connectivity index (χ4n) is 4.05. The number of aliphatic hydroxyl groups is 1. The Hall–Kier alpha value is -1.69. The van der Waals surface area contributed by atoms with E-state index in [4.69, 9.17) is 4.74 Å². The molecule has 1 N–H and O–H groups in total. The molecule has 2 heterocycles. The first-order chi connectivity index (χ1) is 13.1. The van der Waals surface area contributed by atoms with Gasteiger partial charge in [-0.15, -0.1) is 0 Å². The molecule has 1 saturated heterocycles. The van der Waals surface area contributed by atoms with Gasteiger partial charge in [0.2, 0.25) is 0 Å². The largest absolute Gasteiger partial charge is 0.497 e. The quantitative estimate of drug-likeness (QED) is 0.827. The van der Waals surface area contributed by atoms with Gasteiger partial charge in [-0.05, 0) is 49.1 Å². The van der Waals surface area contributed by atoms with E-state index in [0.29, 0.717) is 5.92 Å². The number of para-hydroxylation sites is 1. The molecule has 1 atom stereocenters. The van der Waals surface area contributed by atoms with E-state index >= 15 is 0 Å². The number of benzene rings is 2. The van der Waals surface area contributed by atoms with Crippen LogP contribution in [0.15, 0.2) is 52.3 Å². The van der Waals surface area contributed by atoms with Crippen molar-refractivity contribution in [2.45, 2.75) is 35.7 Å². The first-order valence-corrected chi connectivity index (χ1v) is 10.6. The Labute approximate surface area is 166 Å². The monoisotopic (exact) mass is 384 g/mol. The third-order valence-electron chi connectivity index (χ3n) is 5.45. The molecular formula is C22H28N2O2S. The Morgan fingerprint density at radius 3 is 2.59 bits per heavy atom. The van der Waals surface area contributed by atoms with Gasteiger partial charge in [-0.2, -0.15) is 0 Å². The van der Waals surface area contributed by atoms with Gasteiger partial charge >= 0.3 is 0 Å². The predicted octanol–water partition coefficient (Wildman–Crippen LogP) is 4.39. The molecule has 2 aliphatic rings. The standard InChI is InChI=1S/C22H28N2O2S/c1-16(14-23-11-9-17(25)10-12-23)15-24-19-5-3-4-6-21(19)27-22-13-18(26-2)7-8-20(22)24/h3-8,13,16-17,25H,9-12,14-15H2,1-2H3. The molecule has 5 heteroatoms. The van der Waals surface area contributed by atoms with E-state index < -0.39 is 0 Å². The summed E-state index contributed by atoms with van der Waals surface area (Å²) in [5.74, 6) is 1.44. The molecule has 1 unspecified atom stereocenters. The van der Waals surface area contributed by atoms with Crippen molar-refractivity contribution in [3.8, 4) is 5.75 Å². The highest BCUT2D eigenvalue weighted by Gasteiger charge is 2.26. The molecule has 2 aliphatic heterocycles. The first-order valence-electron chi connectivity index (χ1n) is 9.77. The summed E-state index contributed by atoms with van der Waals surface area (Å²) < 4.78 is 5.43. The van der Waals surface area contributed by atoms with Gasteiger partial charge in [-0.1, -0.05) is 30.8 Å². The van der Waals surface area contributed by atoms with Crippen molar-refractivity contribution in [1.29, 1.82) is 0 Å². The van der Waals surface area contributed by atoms with E-state index in [2.05, 4.69) is 59.2 Å². The number of aliphatic hydroxyl groups excluding tert-OH is 1. The average molecular weight is 385 g/mol. The number of hydrogen-bond donors (Lipinski definition) is 1. The molecule has 1 fully saturated rings. The molecule has 0 spiro atoms. The predicted molar refractivity (Wildman–Crippen MR) is 111 cm³/mol. The lowest BCUT2D eigenvalue weighted by Crippen LogP contribution is -2.40. The Kier molecular flexibility index (Phi) is 5.62. The maximum Gasteiger partial charge on any atom is 0.120 e. The number of rotatable bonds is 5. The van der Waals surface area contributed by atoms with Crippen LogP contribution >= 0.6 is 11.8 Å². The lowest BCUT2D eigenvalue weighted by atomic mass is 10.0. The molecule has 2 aromatic rings. The number of hydrogen-bond acceptors (Lipinski definition) is 5. The normalized spacial score (nSPS) is 18.7. The number of fused-ring (bicyclic) bond motifs is 2. The lowest BCUT2D eigenvalue weighted by molar-refractivity contribution is 0.0765. The smallest absolute Gasteiger partial charge is 0.120 e. The number of ether oxygens (including phenoxy) is 1. The van der Waals surface area contributed by atoms with Crippen LogP contribution in [0.3, 0.4) is 0 Å². The van der Waals surface area contributed by atoms with Crippen LogP contribution in [-0.2, 0) is 0 Å². The van der Waals surface area contributed by atoms with Crippen LogP contribution in [0, 0.1) is 5.92 Å². The minimum Gasteiger partial charge on any atom is -0.497 e. The average Bonchev–Trinajstić information content (AvgIpc) is 2.69. The summed E-state index contributed by atoms with van der Waals surface area (Å²) in [7, 11) is 1.72. The zero-order valence-corrected chi connectivity index (χ0v) is 16.9. The second-order valence-electron chi connectivity index (χ2n) is 7.65. The molecule has 4 rings (SSSR count). The van der Waals surface area contributed by atoms with Gasteiger partial charge in [0.1, 0.15) is 5.75 Å². The van der Waals surface area contributed by atoms with E-state index in [0.717, 1.165) is 44.8 Å². The van der Waals surface area contributed by atoms with Gasteiger partial charge in [0.05, 0.1) is 24.6 Å². The summed E-state index contributed by atoms with van der Waals surface area (Å²) >= 11 is 1.82. The number of piperidine rings is 1. The van der Waals surface area contributed by atoms with Crippen LogP contribution in [-0.4, -0.2) is 49.4 Å². The molecule has 27 heavy (non-hydrogen) atoms. The van der Waals surface area contributed by atoms with Crippen molar-refractivity contribution in [2.75, 3.05) is 38.2 Å². The molecule has 0 aliphatic carbocycles. The minimum absolute atomic E-state index is 0.107. The lowest BCUT2D eigenvalue weighted by Gasteiger charge is -2.37. The molecule has 0 amide bonds. The van der Waals surface area contributed by atoms with Crippen molar-refractivity contribution in [3.05, 3.63) is 42.5 Å². The van der Waals surface area contributed by atoms with Gasteiger partial charge < -0.3 is 19.6 Å². The molecule has 144 valence electrons. The molecule has 0 saturated carbocycles. The second kappa shape index (κ2) is 8.13. The number of anilines is 2. The second-order valence-corrected chi connectivity index (χ2v) is 8.73. The van der Waals surface area contributed by atoms with Crippen LogP contribution in [0.2, 0.25) is 0 Å². The Morgan fingerprint density at radius 1 is 1.07 bits per heavy atom. The number of methoxy groups -OCH3 is 1. The van der Waals surface area contributed by atoms with Crippen LogP contribution in [0.1, 0.15) is 19.8 Å².